The van der Waals surface area contributed by atoms with Gasteiger partial charge in [0.1, 0.15) is 18.9 Å². The van der Waals surface area contributed by atoms with Gasteiger partial charge < -0.3 is 14.1 Å². The second kappa shape index (κ2) is 10.8. The maximum absolute atomic E-state index is 13.6. The summed E-state index contributed by atoms with van der Waals surface area (Å²) in [5, 5.41) is 8.53. The predicted molar refractivity (Wildman–Crippen MR) is 142 cm³/mol. The van der Waals surface area contributed by atoms with Gasteiger partial charge >= 0.3 is 0 Å². The van der Waals surface area contributed by atoms with Gasteiger partial charge in [0, 0.05) is 35.2 Å². The Balaban J connectivity index is 1.50. The van der Waals surface area contributed by atoms with E-state index < -0.39 is 11.6 Å². The topological polar surface area (TPSA) is 51.1 Å². The summed E-state index contributed by atoms with van der Waals surface area (Å²) in [6.45, 7) is 7.93. The van der Waals surface area contributed by atoms with Crippen LogP contribution in [0.1, 0.15) is 60.7 Å². The maximum atomic E-state index is 13.6. The number of nitrogens with zero attached hydrogens (tertiary/aromatic N) is 2. The van der Waals surface area contributed by atoms with Crippen LogP contribution in [-0.4, -0.2) is 23.6 Å². The molecular weight excluding hydrogens is 472 g/mol. The molecule has 1 aliphatic heterocycles. The lowest BCUT2D eigenvalue weighted by Gasteiger charge is -2.15. The van der Waals surface area contributed by atoms with Crippen molar-refractivity contribution in [3.8, 4) is 0 Å². The Labute approximate surface area is 215 Å². The number of oxime groups is 1. The molecule has 5 rings (SSSR count). The Hall–Kier alpha value is -3.55. The Morgan fingerprint density at radius 3 is 2.57 bits per heavy atom. The molecule has 4 aromatic rings. The number of halogens is 2. The van der Waals surface area contributed by atoms with E-state index in [4.69, 9.17) is 9.57 Å². The van der Waals surface area contributed by atoms with Crippen molar-refractivity contribution in [2.24, 2.45) is 5.16 Å². The molecule has 0 amide bonds. The van der Waals surface area contributed by atoms with Gasteiger partial charge in [-0.05, 0) is 47.7 Å². The number of fused-ring (bicyclic) bond motifs is 1. The normalized spacial score (nSPS) is 17.2. The van der Waals surface area contributed by atoms with Crippen LogP contribution in [-0.2, 0) is 22.7 Å². The molecule has 1 fully saturated rings. The first-order valence-corrected chi connectivity index (χ1v) is 12.6. The second-order valence-electron chi connectivity index (χ2n) is 9.56. The van der Waals surface area contributed by atoms with Crippen LogP contribution in [0, 0.1) is 11.6 Å². The second-order valence-corrected chi connectivity index (χ2v) is 9.56. The van der Waals surface area contributed by atoms with Crippen molar-refractivity contribution < 1.29 is 18.4 Å². The van der Waals surface area contributed by atoms with Gasteiger partial charge in [0.2, 0.25) is 0 Å². The number of benzene rings is 3. The van der Waals surface area contributed by atoms with E-state index in [2.05, 4.69) is 65.3 Å². The van der Waals surface area contributed by atoms with Crippen LogP contribution in [0.2, 0.25) is 0 Å². The molecule has 0 aliphatic carbocycles. The van der Waals surface area contributed by atoms with E-state index in [1.165, 1.54) is 17.3 Å². The highest BCUT2D eigenvalue weighted by molar-refractivity contribution is 5.92. The third-order valence-corrected chi connectivity index (χ3v) is 6.57. The quantitative estimate of drug-likeness (QED) is 0.150. The number of rotatable bonds is 10. The molecule has 192 valence electrons. The van der Waals surface area contributed by atoms with Crippen molar-refractivity contribution >= 4 is 17.1 Å². The average Bonchev–Trinajstić information content (AvgIpc) is 3.59. The van der Waals surface area contributed by atoms with Crippen LogP contribution in [0.5, 0.6) is 0 Å². The molecule has 1 saturated heterocycles. The molecule has 3 aromatic carbocycles. The van der Waals surface area contributed by atoms with Gasteiger partial charge in [-0.25, -0.2) is 8.78 Å². The highest BCUT2D eigenvalue weighted by Gasteiger charge is 2.44. The van der Waals surface area contributed by atoms with E-state index in [0.717, 1.165) is 34.6 Å². The number of epoxide rings is 1. The molecule has 2 unspecified atom stereocenters. The molecule has 1 N–H and O–H groups in total. The first-order valence-electron chi connectivity index (χ1n) is 12.6. The standard InChI is InChI=1S/C30H31F2N3O2/c1-4-36-34-17-22-10-12-23-26(15-22)35(18-20-8-6-5-7-9-20)28(19(2)3)27(23)29-30(37-29)33-16-21-11-13-24(31)25(32)14-21/h5-15,17,19,29-30,33H,4,16,18H2,1-3H3. The highest BCUT2D eigenvalue weighted by Crippen LogP contribution is 2.46. The van der Waals surface area contributed by atoms with Crippen LogP contribution in [0.25, 0.3) is 10.9 Å². The summed E-state index contributed by atoms with van der Waals surface area (Å²) >= 11 is 0. The van der Waals surface area contributed by atoms with Crippen LogP contribution < -0.4 is 5.32 Å². The molecule has 0 bridgehead atoms. The molecule has 1 aromatic heterocycles. The van der Waals surface area contributed by atoms with E-state index in [1.807, 2.05) is 19.1 Å². The van der Waals surface area contributed by atoms with Crippen LogP contribution in [0.15, 0.2) is 71.9 Å². The molecule has 2 heterocycles. The lowest BCUT2D eigenvalue weighted by molar-refractivity contribution is 0.160. The molecule has 7 heteroatoms. The van der Waals surface area contributed by atoms with Gasteiger partial charge in [-0.3, -0.25) is 5.32 Å². The van der Waals surface area contributed by atoms with Gasteiger partial charge in [0.15, 0.2) is 11.6 Å². The average molecular weight is 504 g/mol. The van der Waals surface area contributed by atoms with E-state index in [0.29, 0.717) is 18.7 Å². The minimum atomic E-state index is -0.845. The molecule has 1 aliphatic rings. The van der Waals surface area contributed by atoms with Crippen molar-refractivity contribution in [3.63, 3.8) is 0 Å². The molecular formula is C30H31F2N3O2. The Morgan fingerprint density at radius 1 is 1.03 bits per heavy atom. The van der Waals surface area contributed by atoms with Crippen molar-refractivity contribution in [1.29, 1.82) is 0 Å². The molecule has 0 spiro atoms. The van der Waals surface area contributed by atoms with E-state index >= 15 is 0 Å². The maximum Gasteiger partial charge on any atom is 0.159 e. The third kappa shape index (κ3) is 5.43. The number of nitrogens with one attached hydrogen (secondary N) is 1. The Morgan fingerprint density at radius 2 is 1.84 bits per heavy atom. The Kier molecular flexibility index (Phi) is 7.35. The summed E-state index contributed by atoms with van der Waals surface area (Å²) in [5.41, 5.74) is 6.34. The monoisotopic (exact) mass is 503 g/mol. The number of aromatic nitrogens is 1. The lowest BCUT2D eigenvalue weighted by Crippen LogP contribution is -2.18. The third-order valence-electron chi connectivity index (χ3n) is 6.57. The fraction of sp³-hybridized carbons (Fsp3) is 0.300. The van der Waals surface area contributed by atoms with Crippen molar-refractivity contribution in [3.05, 3.63) is 106 Å². The van der Waals surface area contributed by atoms with Gasteiger partial charge in [-0.15, -0.1) is 0 Å². The molecule has 0 radical (unpaired) electrons. The van der Waals surface area contributed by atoms with Gasteiger partial charge in [-0.1, -0.05) is 67.5 Å². The summed E-state index contributed by atoms with van der Waals surface area (Å²) < 4.78 is 35.4. The smallest absolute Gasteiger partial charge is 0.159 e. The first kappa shape index (κ1) is 25.1. The zero-order valence-electron chi connectivity index (χ0n) is 21.2. The minimum absolute atomic E-state index is 0.134. The van der Waals surface area contributed by atoms with Crippen molar-refractivity contribution in [2.75, 3.05) is 6.61 Å². The van der Waals surface area contributed by atoms with Crippen LogP contribution >= 0.6 is 0 Å². The summed E-state index contributed by atoms with van der Waals surface area (Å²) in [6.07, 6.45) is 1.39. The van der Waals surface area contributed by atoms with Crippen LogP contribution in [0.4, 0.5) is 8.78 Å². The van der Waals surface area contributed by atoms with Crippen molar-refractivity contribution in [2.45, 2.75) is 52.1 Å². The number of hydrogen-bond donors (Lipinski definition) is 1. The zero-order valence-corrected chi connectivity index (χ0v) is 21.2. The first-order chi connectivity index (χ1) is 18.0. The summed E-state index contributed by atoms with van der Waals surface area (Å²) in [7, 11) is 0. The number of ether oxygens (including phenoxy) is 1. The fourth-order valence-corrected chi connectivity index (χ4v) is 4.88. The van der Waals surface area contributed by atoms with Crippen LogP contribution in [0.3, 0.4) is 0 Å². The fourth-order valence-electron chi connectivity index (χ4n) is 4.88. The molecule has 37 heavy (non-hydrogen) atoms. The minimum Gasteiger partial charge on any atom is -0.396 e. The highest BCUT2D eigenvalue weighted by atomic mass is 19.2. The summed E-state index contributed by atoms with van der Waals surface area (Å²) in [5.74, 6) is -1.44. The van der Waals surface area contributed by atoms with Gasteiger partial charge in [0.25, 0.3) is 0 Å². The predicted octanol–water partition coefficient (Wildman–Crippen LogP) is 6.65. The summed E-state index contributed by atoms with van der Waals surface area (Å²) in [6, 6.07) is 20.7. The van der Waals surface area contributed by atoms with Gasteiger partial charge in [-0.2, -0.15) is 0 Å². The van der Waals surface area contributed by atoms with E-state index in [-0.39, 0.29) is 18.2 Å². The SMILES string of the molecule is CCON=Cc1ccc2c(C3OC3NCc3ccc(F)c(F)c3)c(C(C)C)n(Cc3ccccc3)c2c1. The largest absolute Gasteiger partial charge is 0.396 e. The Bertz CT molecular complexity index is 1420. The molecule has 0 saturated carbocycles. The van der Waals surface area contributed by atoms with Crippen molar-refractivity contribution in [1.82, 2.24) is 9.88 Å². The zero-order chi connectivity index (χ0) is 25.9. The molecule has 2 atom stereocenters. The summed E-state index contributed by atoms with van der Waals surface area (Å²) in [4.78, 5) is 5.17. The van der Waals surface area contributed by atoms with E-state index in [9.17, 15) is 8.78 Å². The van der Waals surface area contributed by atoms with Gasteiger partial charge in [0.05, 0.1) is 6.21 Å². The van der Waals surface area contributed by atoms with E-state index in [1.54, 1.807) is 12.3 Å². The number of hydrogen-bond acceptors (Lipinski definition) is 4. The lowest BCUT2D eigenvalue weighted by atomic mass is 10.00. The molecule has 5 nitrogen and oxygen atoms in total.